The fourth-order valence-corrected chi connectivity index (χ4v) is 2.65. The number of hydrogen-bond acceptors (Lipinski definition) is 4. The molecule has 1 aliphatic heterocycles. The first kappa shape index (κ1) is 14.1. The predicted molar refractivity (Wildman–Crippen MR) is 77.3 cm³/mol. The summed E-state index contributed by atoms with van der Waals surface area (Å²) in [5.74, 6) is 0.602. The van der Waals surface area contributed by atoms with Gasteiger partial charge in [-0.3, -0.25) is 0 Å². The molecule has 1 aromatic rings. The molecule has 1 aromatic heterocycles. The second-order valence-electron chi connectivity index (χ2n) is 5.04. The SMILES string of the molecule is CC(CN1CCCCC1)Nc1nccc(C#N)c1Cl. The minimum Gasteiger partial charge on any atom is -0.365 e. The summed E-state index contributed by atoms with van der Waals surface area (Å²) in [5, 5.41) is 12.6. The Bertz CT molecular complexity index is 463. The molecule has 0 saturated carbocycles. The van der Waals surface area contributed by atoms with Gasteiger partial charge in [-0.2, -0.15) is 5.26 Å². The van der Waals surface area contributed by atoms with Gasteiger partial charge in [0.15, 0.2) is 0 Å². The highest BCUT2D eigenvalue weighted by Gasteiger charge is 2.15. The van der Waals surface area contributed by atoms with Crippen molar-refractivity contribution in [3.8, 4) is 6.07 Å². The third-order valence-electron chi connectivity index (χ3n) is 3.37. The quantitative estimate of drug-likeness (QED) is 0.920. The number of likely N-dealkylation sites (tertiary alicyclic amines) is 1. The van der Waals surface area contributed by atoms with Gasteiger partial charge in [-0.05, 0) is 38.9 Å². The van der Waals surface area contributed by atoms with Crippen LogP contribution in [-0.4, -0.2) is 35.6 Å². The second-order valence-corrected chi connectivity index (χ2v) is 5.42. The number of piperidine rings is 1. The third-order valence-corrected chi connectivity index (χ3v) is 3.76. The number of hydrogen-bond donors (Lipinski definition) is 1. The lowest BCUT2D eigenvalue weighted by Gasteiger charge is -2.29. The van der Waals surface area contributed by atoms with E-state index < -0.39 is 0 Å². The summed E-state index contributed by atoms with van der Waals surface area (Å²) in [5.41, 5.74) is 0.462. The van der Waals surface area contributed by atoms with Crippen molar-refractivity contribution in [1.29, 1.82) is 5.26 Å². The standard InChI is InChI=1S/C14H19ClN4/c1-11(10-19-7-3-2-4-8-19)18-14-13(15)12(9-16)5-6-17-14/h5-6,11H,2-4,7-8,10H2,1H3,(H,17,18). The molecule has 1 fully saturated rings. The lowest BCUT2D eigenvalue weighted by atomic mass is 10.1. The van der Waals surface area contributed by atoms with Gasteiger partial charge in [0.1, 0.15) is 16.9 Å². The predicted octanol–water partition coefficient (Wildman–Crippen LogP) is 2.89. The minimum atomic E-state index is 0.261. The Hall–Kier alpha value is -1.31. The van der Waals surface area contributed by atoms with E-state index in [0.29, 0.717) is 16.4 Å². The van der Waals surface area contributed by atoms with Crippen LogP contribution >= 0.6 is 11.6 Å². The molecule has 1 unspecified atom stereocenters. The van der Waals surface area contributed by atoms with Crippen LogP contribution in [0, 0.1) is 11.3 Å². The van der Waals surface area contributed by atoms with Gasteiger partial charge in [-0.25, -0.2) is 4.98 Å². The topological polar surface area (TPSA) is 52.0 Å². The average Bonchev–Trinajstić information content (AvgIpc) is 2.42. The third kappa shape index (κ3) is 3.82. The summed E-state index contributed by atoms with van der Waals surface area (Å²) in [4.78, 5) is 6.67. The number of nitrogens with one attached hydrogen (secondary N) is 1. The van der Waals surface area contributed by atoms with Crippen LogP contribution in [-0.2, 0) is 0 Å². The van der Waals surface area contributed by atoms with Crippen LogP contribution in [0.15, 0.2) is 12.3 Å². The molecule has 4 nitrogen and oxygen atoms in total. The Morgan fingerprint density at radius 1 is 1.47 bits per heavy atom. The summed E-state index contributed by atoms with van der Waals surface area (Å²) in [6.45, 7) is 5.44. The molecule has 19 heavy (non-hydrogen) atoms. The molecule has 102 valence electrons. The molecule has 1 aliphatic rings. The first-order valence-electron chi connectivity index (χ1n) is 6.74. The van der Waals surface area contributed by atoms with E-state index >= 15 is 0 Å². The number of halogens is 1. The summed E-state index contributed by atoms with van der Waals surface area (Å²) in [6.07, 6.45) is 5.53. The Morgan fingerprint density at radius 3 is 2.89 bits per heavy atom. The van der Waals surface area contributed by atoms with Crippen molar-refractivity contribution in [2.24, 2.45) is 0 Å². The molecular weight excluding hydrogens is 260 g/mol. The van der Waals surface area contributed by atoms with E-state index in [0.717, 1.165) is 6.54 Å². The fourth-order valence-electron chi connectivity index (χ4n) is 2.44. The van der Waals surface area contributed by atoms with E-state index in [1.165, 1.54) is 32.4 Å². The number of pyridine rings is 1. The first-order valence-corrected chi connectivity index (χ1v) is 7.12. The molecule has 1 saturated heterocycles. The van der Waals surface area contributed by atoms with Crippen molar-refractivity contribution in [1.82, 2.24) is 9.88 Å². The van der Waals surface area contributed by atoms with Crippen molar-refractivity contribution in [3.05, 3.63) is 22.8 Å². The number of aromatic nitrogens is 1. The van der Waals surface area contributed by atoms with Gasteiger partial charge in [-0.15, -0.1) is 0 Å². The molecule has 1 N–H and O–H groups in total. The summed E-state index contributed by atoms with van der Waals surface area (Å²) >= 11 is 6.13. The molecule has 0 amide bonds. The Morgan fingerprint density at radius 2 is 2.21 bits per heavy atom. The van der Waals surface area contributed by atoms with Crippen LogP contribution in [0.25, 0.3) is 0 Å². The molecule has 0 bridgehead atoms. The lowest BCUT2D eigenvalue weighted by Crippen LogP contribution is -2.38. The van der Waals surface area contributed by atoms with E-state index in [1.807, 2.05) is 0 Å². The highest BCUT2D eigenvalue weighted by molar-refractivity contribution is 6.34. The molecule has 0 radical (unpaired) electrons. The molecule has 0 spiro atoms. The largest absolute Gasteiger partial charge is 0.365 e. The van der Waals surface area contributed by atoms with Crippen molar-refractivity contribution < 1.29 is 0 Å². The fraction of sp³-hybridized carbons (Fsp3) is 0.571. The maximum absolute atomic E-state index is 8.94. The summed E-state index contributed by atoms with van der Waals surface area (Å²) in [6, 6.07) is 3.96. The Balaban J connectivity index is 1.95. The van der Waals surface area contributed by atoms with E-state index in [2.05, 4.69) is 28.2 Å². The zero-order valence-corrected chi connectivity index (χ0v) is 12.0. The van der Waals surface area contributed by atoms with Gasteiger partial charge in [0, 0.05) is 18.8 Å². The summed E-state index contributed by atoms with van der Waals surface area (Å²) < 4.78 is 0. The molecule has 0 aromatic carbocycles. The number of rotatable bonds is 4. The van der Waals surface area contributed by atoms with E-state index in [1.54, 1.807) is 12.3 Å². The molecular formula is C14H19ClN4. The van der Waals surface area contributed by atoms with Gasteiger partial charge in [0.2, 0.25) is 0 Å². The molecule has 5 heteroatoms. The van der Waals surface area contributed by atoms with Crippen LogP contribution < -0.4 is 5.32 Å². The molecule has 1 atom stereocenters. The summed E-state index contributed by atoms with van der Waals surface area (Å²) in [7, 11) is 0. The van der Waals surface area contributed by atoms with Crippen molar-refractivity contribution in [2.75, 3.05) is 25.0 Å². The first-order chi connectivity index (χ1) is 9.20. The zero-order chi connectivity index (χ0) is 13.7. The lowest BCUT2D eigenvalue weighted by molar-refractivity contribution is 0.223. The van der Waals surface area contributed by atoms with Crippen LogP contribution in [0.5, 0.6) is 0 Å². The zero-order valence-electron chi connectivity index (χ0n) is 11.2. The Labute approximate surface area is 119 Å². The van der Waals surface area contributed by atoms with Crippen LogP contribution in [0.2, 0.25) is 5.02 Å². The average molecular weight is 279 g/mol. The van der Waals surface area contributed by atoms with E-state index in [-0.39, 0.29) is 6.04 Å². The smallest absolute Gasteiger partial charge is 0.146 e. The molecule has 2 heterocycles. The number of nitriles is 1. The monoisotopic (exact) mass is 278 g/mol. The van der Waals surface area contributed by atoms with E-state index in [9.17, 15) is 0 Å². The second kappa shape index (κ2) is 6.74. The number of anilines is 1. The van der Waals surface area contributed by atoms with Gasteiger partial charge in [0.05, 0.1) is 5.56 Å². The van der Waals surface area contributed by atoms with E-state index in [4.69, 9.17) is 16.9 Å². The maximum Gasteiger partial charge on any atom is 0.146 e. The van der Waals surface area contributed by atoms with Gasteiger partial charge in [0.25, 0.3) is 0 Å². The van der Waals surface area contributed by atoms with Crippen molar-refractivity contribution >= 4 is 17.4 Å². The maximum atomic E-state index is 8.94. The van der Waals surface area contributed by atoms with Gasteiger partial charge in [-0.1, -0.05) is 18.0 Å². The van der Waals surface area contributed by atoms with Crippen LogP contribution in [0.1, 0.15) is 31.7 Å². The minimum absolute atomic E-state index is 0.261. The normalized spacial score (nSPS) is 17.7. The van der Waals surface area contributed by atoms with Gasteiger partial charge >= 0.3 is 0 Å². The van der Waals surface area contributed by atoms with Crippen LogP contribution in [0.4, 0.5) is 5.82 Å². The van der Waals surface area contributed by atoms with Gasteiger partial charge < -0.3 is 10.2 Å². The van der Waals surface area contributed by atoms with Crippen molar-refractivity contribution in [2.45, 2.75) is 32.2 Å². The number of nitrogens with zero attached hydrogens (tertiary/aromatic N) is 3. The molecule has 0 aliphatic carbocycles. The highest BCUT2D eigenvalue weighted by atomic mass is 35.5. The van der Waals surface area contributed by atoms with Crippen LogP contribution in [0.3, 0.4) is 0 Å². The van der Waals surface area contributed by atoms with Crippen molar-refractivity contribution in [3.63, 3.8) is 0 Å². The molecule has 2 rings (SSSR count). The highest BCUT2D eigenvalue weighted by Crippen LogP contribution is 2.23. The Kier molecular flexibility index (Phi) is 5.00.